The van der Waals surface area contributed by atoms with Crippen LogP contribution in [0, 0.1) is 5.92 Å². The van der Waals surface area contributed by atoms with Gasteiger partial charge in [0.2, 0.25) is 5.91 Å². The molecule has 0 bridgehead atoms. The number of phenolic OH excluding ortho intramolecular Hbond substituents is 1. The summed E-state index contributed by atoms with van der Waals surface area (Å²) in [6.07, 6.45) is 2.06. The topological polar surface area (TPSA) is 70.6 Å². The molecule has 1 amide bonds. The van der Waals surface area contributed by atoms with E-state index in [9.17, 15) is 9.90 Å². The van der Waals surface area contributed by atoms with Crippen LogP contribution in [0.15, 0.2) is 18.2 Å². The normalized spacial score (nSPS) is 14.2. The molecule has 1 aromatic carbocycles. The molecule has 2 rings (SSSR count). The van der Waals surface area contributed by atoms with Crippen LogP contribution in [-0.4, -0.2) is 31.2 Å². The van der Waals surface area contributed by atoms with Crippen LogP contribution in [0.2, 0.25) is 0 Å². The molecule has 0 saturated heterocycles. The average Bonchev–Trinajstić information content (AvgIpc) is 3.22. The minimum atomic E-state index is 0.142. The first-order valence-corrected chi connectivity index (χ1v) is 6.55. The van der Waals surface area contributed by atoms with Crippen molar-refractivity contribution in [1.82, 2.24) is 10.6 Å². The molecule has 104 valence electrons. The van der Waals surface area contributed by atoms with Gasteiger partial charge in [0.05, 0.1) is 7.11 Å². The Morgan fingerprint density at radius 3 is 2.84 bits per heavy atom. The zero-order valence-corrected chi connectivity index (χ0v) is 11.1. The lowest BCUT2D eigenvalue weighted by atomic mass is 10.2. The van der Waals surface area contributed by atoms with Crippen molar-refractivity contribution in [3.8, 4) is 11.5 Å². The van der Waals surface area contributed by atoms with Gasteiger partial charge in [0.1, 0.15) is 0 Å². The van der Waals surface area contributed by atoms with E-state index in [1.165, 1.54) is 7.11 Å². The second-order valence-corrected chi connectivity index (χ2v) is 4.75. The van der Waals surface area contributed by atoms with Crippen molar-refractivity contribution < 1.29 is 14.6 Å². The second kappa shape index (κ2) is 6.43. The number of ether oxygens (including phenoxy) is 1. The van der Waals surface area contributed by atoms with Gasteiger partial charge < -0.3 is 20.5 Å². The molecule has 0 aliphatic heterocycles. The number of nitrogens with one attached hydrogen (secondary N) is 2. The monoisotopic (exact) mass is 264 g/mol. The van der Waals surface area contributed by atoms with Gasteiger partial charge in [0.15, 0.2) is 11.5 Å². The van der Waals surface area contributed by atoms with Gasteiger partial charge in [0, 0.05) is 25.6 Å². The Bertz CT molecular complexity index is 444. The standard InChI is InChI=1S/C14H20N2O3/c1-19-13-5-2-10(8-12(13)17)9-15-6-7-16-14(18)11-3-4-11/h2,5,8,11,15,17H,3-4,6-7,9H2,1H3,(H,16,18). The molecule has 0 radical (unpaired) electrons. The van der Waals surface area contributed by atoms with E-state index in [2.05, 4.69) is 10.6 Å². The van der Waals surface area contributed by atoms with Crippen molar-refractivity contribution in [3.05, 3.63) is 23.8 Å². The molecule has 5 nitrogen and oxygen atoms in total. The predicted octanol–water partition coefficient (Wildman–Crippen LogP) is 1.02. The summed E-state index contributed by atoms with van der Waals surface area (Å²) in [6.45, 7) is 2.00. The van der Waals surface area contributed by atoms with Crippen LogP contribution in [0.1, 0.15) is 18.4 Å². The van der Waals surface area contributed by atoms with Crippen LogP contribution in [0.5, 0.6) is 11.5 Å². The first-order valence-electron chi connectivity index (χ1n) is 6.55. The number of aromatic hydroxyl groups is 1. The van der Waals surface area contributed by atoms with Crippen LogP contribution >= 0.6 is 0 Å². The SMILES string of the molecule is COc1ccc(CNCCNC(=O)C2CC2)cc1O. The van der Waals surface area contributed by atoms with Crippen molar-refractivity contribution in [2.24, 2.45) is 5.92 Å². The van der Waals surface area contributed by atoms with E-state index >= 15 is 0 Å². The molecule has 1 aromatic rings. The van der Waals surface area contributed by atoms with Crippen molar-refractivity contribution in [2.45, 2.75) is 19.4 Å². The Morgan fingerprint density at radius 2 is 2.21 bits per heavy atom. The lowest BCUT2D eigenvalue weighted by molar-refractivity contribution is -0.122. The minimum Gasteiger partial charge on any atom is -0.504 e. The van der Waals surface area contributed by atoms with E-state index in [0.717, 1.165) is 18.4 Å². The zero-order valence-electron chi connectivity index (χ0n) is 11.1. The predicted molar refractivity (Wildman–Crippen MR) is 72.1 cm³/mol. The summed E-state index contributed by atoms with van der Waals surface area (Å²) in [6, 6.07) is 5.31. The third-order valence-electron chi connectivity index (χ3n) is 3.12. The van der Waals surface area contributed by atoms with Gasteiger partial charge >= 0.3 is 0 Å². The Kier molecular flexibility index (Phi) is 4.63. The number of carbonyl (C=O) groups is 1. The molecule has 0 atom stereocenters. The molecular formula is C14H20N2O3. The fourth-order valence-electron chi connectivity index (χ4n) is 1.84. The number of phenols is 1. The summed E-state index contributed by atoms with van der Waals surface area (Å²) in [5, 5.41) is 15.7. The first kappa shape index (κ1) is 13.7. The summed E-state index contributed by atoms with van der Waals surface area (Å²) in [4.78, 5) is 11.4. The maximum Gasteiger partial charge on any atom is 0.223 e. The molecule has 3 N–H and O–H groups in total. The lowest BCUT2D eigenvalue weighted by Gasteiger charge is -2.08. The third-order valence-corrected chi connectivity index (χ3v) is 3.12. The summed E-state index contributed by atoms with van der Waals surface area (Å²) < 4.78 is 4.98. The number of methoxy groups -OCH3 is 1. The van der Waals surface area contributed by atoms with Crippen LogP contribution in [-0.2, 0) is 11.3 Å². The van der Waals surface area contributed by atoms with Gasteiger partial charge in [-0.2, -0.15) is 0 Å². The van der Waals surface area contributed by atoms with Crippen molar-refractivity contribution in [3.63, 3.8) is 0 Å². The number of amides is 1. The Morgan fingerprint density at radius 1 is 1.42 bits per heavy atom. The van der Waals surface area contributed by atoms with E-state index in [4.69, 9.17) is 4.74 Å². The molecule has 1 fully saturated rings. The molecule has 1 saturated carbocycles. The average molecular weight is 264 g/mol. The van der Waals surface area contributed by atoms with E-state index in [0.29, 0.717) is 25.4 Å². The quantitative estimate of drug-likeness (QED) is 0.643. The molecule has 1 aliphatic rings. The van der Waals surface area contributed by atoms with E-state index in [-0.39, 0.29) is 17.6 Å². The molecule has 0 unspecified atom stereocenters. The van der Waals surface area contributed by atoms with Gasteiger partial charge in [-0.1, -0.05) is 6.07 Å². The number of benzene rings is 1. The summed E-state index contributed by atoms with van der Waals surface area (Å²) in [7, 11) is 1.52. The fourth-order valence-corrected chi connectivity index (χ4v) is 1.84. The molecule has 5 heteroatoms. The highest BCUT2D eigenvalue weighted by atomic mass is 16.5. The highest BCUT2D eigenvalue weighted by Crippen LogP contribution is 2.28. The van der Waals surface area contributed by atoms with Gasteiger partial charge in [-0.25, -0.2) is 0 Å². The Labute approximate surface area is 113 Å². The third kappa shape index (κ3) is 4.13. The van der Waals surface area contributed by atoms with Crippen molar-refractivity contribution >= 4 is 5.91 Å². The highest BCUT2D eigenvalue weighted by Gasteiger charge is 2.28. The van der Waals surface area contributed by atoms with E-state index in [1.807, 2.05) is 6.07 Å². The minimum absolute atomic E-state index is 0.142. The zero-order chi connectivity index (χ0) is 13.7. The Hall–Kier alpha value is -1.75. The van der Waals surface area contributed by atoms with Gasteiger partial charge in [-0.15, -0.1) is 0 Å². The molecule has 19 heavy (non-hydrogen) atoms. The highest BCUT2D eigenvalue weighted by molar-refractivity contribution is 5.80. The number of hydrogen-bond donors (Lipinski definition) is 3. The van der Waals surface area contributed by atoms with Crippen LogP contribution in [0.3, 0.4) is 0 Å². The second-order valence-electron chi connectivity index (χ2n) is 4.75. The van der Waals surface area contributed by atoms with Crippen LogP contribution < -0.4 is 15.4 Å². The largest absolute Gasteiger partial charge is 0.504 e. The first-order chi connectivity index (χ1) is 9.20. The maximum atomic E-state index is 11.4. The number of carbonyl (C=O) groups excluding carboxylic acids is 1. The summed E-state index contributed by atoms with van der Waals surface area (Å²) >= 11 is 0. The molecule has 1 aliphatic carbocycles. The molecule has 0 spiro atoms. The van der Waals surface area contributed by atoms with Gasteiger partial charge in [0.25, 0.3) is 0 Å². The van der Waals surface area contributed by atoms with E-state index < -0.39 is 0 Å². The van der Waals surface area contributed by atoms with Crippen molar-refractivity contribution in [2.75, 3.05) is 20.2 Å². The molecule has 0 aromatic heterocycles. The number of hydrogen-bond acceptors (Lipinski definition) is 4. The van der Waals surface area contributed by atoms with Gasteiger partial charge in [-0.05, 0) is 30.5 Å². The summed E-state index contributed by atoms with van der Waals surface area (Å²) in [5.74, 6) is 1.05. The number of rotatable bonds is 7. The van der Waals surface area contributed by atoms with E-state index in [1.54, 1.807) is 12.1 Å². The molecular weight excluding hydrogens is 244 g/mol. The fraction of sp³-hybridized carbons (Fsp3) is 0.500. The smallest absolute Gasteiger partial charge is 0.223 e. The molecule has 0 heterocycles. The Balaban J connectivity index is 1.64. The van der Waals surface area contributed by atoms with Crippen LogP contribution in [0.25, 0.3) is 0 Å². The van der Waals surface area contributed by atoms with Gasteiger partial charge in [-0.3, -0.25) is 4.79 Å². The van der Waals surface area contributed by atoms with Crippen LogP contribution in [0.4, 0.5) is 0 Å². The summed E-state index contributed by atoms with van der Waals surface area (Å²) in [5.41, 5.74) is 0.979. The van der Waals surface area contributed by atoms with Crippen molar-refractivity contribution in [1.29, 1.82) is 0 Å². The maximum absolute atomic E-state index is 11.4. The lowest BCUT2D eigenvalue weighted by Crippen LogP contribution is -2.32.